The van der Waals surface area contributed by atoms with Gasteiger partial charge in [-0.05, 0) is 6.07 Å². The lowest BCUT2D eigenvalue weighted by Crippen LogP contribution is -2.07. The Labute approximate surface area is 83.4 Å². The molecule has 0 saturated heterocycles. The van der Waals surface area contributed by atoms with Crippen LogP contribution in [0.15, 0.2) is 12.1 Å². The van der Waals surface area contributed by atoms with Gasteiger partial charge in [0.05, 0.1) is 23.4 Å². The molecule has 0 fully saturated rings. The van der Waals surface area contributed by atoms with Crippen LogP contribution in [0.25, 0.3) is 0 Å². The predicted molar refractivity (Wildman–Crippen MR) is 47.4 cm³/mol. The van der Waals surface area contributed by atoms with E-state index in [1.54, 1.807) is 0 Å². The summed E-state index contributed by atoms with van der Waals surface area (Å²) in [5, 5.41) is -0.502. The lowest BCUT2D eigenvalue weighted by atomic mass is 10.2. The molecule has 0 spiro atoms. The van der Waals surface area contributed by atoms with Crippen LogP contribution in [0.5, 0.6) is 5.75 Å². The van der Waals surface area contributed by atoms with E-state index in [2.05, 4.69) is 4.74 Å². The summed E-state index contributed by atoms with van der Waals surface area (Å²) in [5.74, 6) is 0.0271. The van der Waals surface area contributed by atoms with Crippen LogP contribution in [0.2, 0.25) is 5.02 Å². The van der Waals surface area contributed by atoms with Gasteiger partial charge in [0.25, 0.3) is 0 Å². The highest BCUT2D eigenvalue weighted by Gasteiger charge is 2.34. The molecular formula is C8H7ClF3NO. The van der Waals surface area contributed by atoms with Gasteiger partial charge in [-0.2, -0.15) is 13.2 Å². The summed E-state index contributed by atoms with van der Waals surface area (Å²) in [5.41, 5.74) is 4.14. The SMILES string of the molecule is COc1cc(N)c(Cl)c(C(F)(F)F)c1. The van der Waals surface area contributed by atoms with Crippen molar-refractivity contribution in [3.63, 3.8) is 0 Å². The largest absolute Gasteiger partial charge is 0.497 e. The van der Waals surface area contributed by atoms with E-state index in [-0.39, 0.29) is 11.4 Å². The highest BCUT2D eigenvalue weighted by Crippen LogP contribution is 2.39. The van der Waals surface area contributed by atoms with Crippen LogP contribution in [0, 0.1) is 0 Å². The number of nitrogen functional groups attached to an aromatic ring is 1. The van der Waals surface area contributed by atoms with Gasteiger partial charge in [0.1, 0.15) is 5.75 Å². The van der Waals surface area contributed by atoms with Crippen molar-refractivity contribution in [2.75, 3.05) is 12.8 Å². The number of hydrogen-bond donors (Lipinski definition) is 1. The number of anilines is 1. The van der Waals surface area contributed by atoms with Crippen LogP contribution in [0.4, 0.5) is 18.9 Å². The molecule has 0 unspecified atom stereocenters. The predicted octanol–water partition coefficient (Wildman–Crippen LogP) is 2.95. The van der Waals surface area contributed by atoms with Gasteiger partial charge in [-0.25, -0.2) is 0 Å². The van der Waals surface area contributed by atoms with Crippen molar-refractivity contribution in [3.05, 3.63) is 22.7 Å². The summed E-state index contributed by atoms with van der Waals surface area (Å²) in [4.78, 5) is 0. The quantitative estimate of drug-likeness (QED) is 0.746. The Morgan fingerprint density at radius 2 is 1.93 bits per heavy atom. The zero-order valence-corrected chi connectivity index (χ0v) is 7.91. The highest BCUT2D eigenvalue weighted by atomic mass is 35.5. The first kappa shape index (κ1) is 11.0. The first-order valence-corrected chi connectivity index (χ1v) is 3.94. The summed E-state index contributed by atoms with van der Waals surface area (Å²) >= 11 is 5.41. The number of methoxy groups -OCH3 is 1. The molecule has 0 amide bonds. The third-order valence-electron chi connectivity index (χ3n) is 1.62. The van der Waals surface area contributed by atoms with Gasteiger partial charge in [-0.3, -0.25) is 0 Å². The topological polar surface area (TPSA) is 35.2 Å². The summed E-state index contributed by atoms with van der Waals surface area (Å²) < 4.78 is 41.7. The van der Waals surface area contributed by atoms with E-state index in [0.29, 0.717) is 0 Å². The molecule has 0 radical (unpaired) electrons. The minimum atomic E-state index is -4.53. The van der Waals surface area contributed by atoms with E-state index in [0.717, 1.165) is 6.07 Å². The number of rotatable bonds is 1. The minimum absolute atomic E-state index is 0.0271. The van der Waals surface area contributed by atoms with Crippen LogP contribution < -0.4 is 10.5 Å². The van der Waals surface area contributed by atoms with Gasteiger partial charge in [-0.15, -0.1) is 0 Å². The van der Waals surface area contributed by atoms with Crippen molar-refractivity contribution in [1.29, 1.82) is 0 Å². The second-order valence-corrected chi connectivity index (χ2v) is 2.95. The molecule has 0 aliphatic rings. The molecule has 0 saturated carbocycles. The Morgan fingerprint density at radius 3 is 2.36 bits per heavy atom. The Bertz CT molecular complexity index is 351. The van der Waals surface area contributed by atoms with Crippen molar-refractivity contribution in [3.8, 4) is 5.75 Å². The summed E-state index contributed by atoms with van der Waals surface area (Å²) in [6.45, 7) is 0. The number of halogens is 4. The fourth-order valence-electron chi connectivity index (χ4n) is 0.944. The second kappa shape index (κ2) is 3.57. The standard InChI is InChI=1S/C8H7ClF3NO/c1-14-4-2-5(8(10,11)12)7(9)6(13)3-4/h2-3H,13H2,1H3. The van der Waals surface area contributed by atoms with Crippen molar-refractivity contribution in [2.24, 2.45) is 0 Å². The molecule has 6 heteroatoms. The van der Waals surface area contributed by atoms with Crippen LogP contribution >= 0.6 is 11.6 Å². The maximum absolute atomic E-state index is 12.3. The van der Waals surface area contributed by atoms with Crippen molar-refractivity contribution in [2.45, 2.75) is 6.18 Å². The number of alkyl halides is 3. The fraction of sp³-hybridized carbons (Fsp3) is 0.250. The average molecular weight is 226 g/mol. The molecule has 2 N–H and O–H groups in total. The number of hydrogen-bond acceptors (Lipinski definition) is 2. The smallest absolute Gasteiger partial charge is 0.418 e. The molecule has 1 aromatic rings. The van der Waals surface area contributed by atoms with Gasteiger partial charge >= 0.3 is 6.18 Å². The zero-order chi connectivity index (χ0) is 10.9. The molecule has 2 nitrogen and oxygen atoms in total. The third-order valence-corrected chi connectivity index (χ3v) is 2.04. The Balaban J connectivity index is 3.35. The van der Waals surface area contributed by atoms with E-state index in [1.165, 1.54) is 13.2 Å². The minimum Gasteiger partial charge on any atom is -0.497 e. The zero-order valence-electron chi connectivity index (χ0n) is 7.15. The lowest BCUT2D eigenvalue weighted by molar-refractivity contribution is -0.137. The van der Waals surface area contributed by atoms with Gasteiger partial charge in [0, 0.05) is 6.07 Å². The average Bonchev–Trinajstić information content (AvgIpc) is 2.07. The maximum atomic E-state index is 12.3. The molecule has 0 aliphatic heterocycles. The van der Waals surface area contributed by atoms with Gasteiger partial charge in [0.2, 0.25) is 0 Å². The molecule has 0 bridgehead atoms. The molecule has 14 heavy (non-hydrogen) atoms. The number of benzene rings is 1. The number of nitrogens with two attached hydrogens (primary N) is 1. The molecule has 0 atom stereocenters. The van der Waals surface area contributed by atoms with Crippen LogP contribution in [0.1, 0.15) is 5.56 Å². The molecule has 1 aromatic carbocycles. The fourth-order valence-corrected chi connectivity index (χ4v) is 1.16. The molecule has 0 aromatic heterocycles. The summed E-state index contributed by atoms with van der Waals surface area (Å²) in [6, 6.07) is 2.04. The van der Waals surface area contributed by atoms with Gasteiger partial charge < -0.3 is 10.5 Å². The van der Waals surface area contributed by atoms with Crippen molar-refractivity contribution in [1.82, 2.24) is 0 Å². The first-order chi connectivity index (χ1) is 6.36. The Hall–Kier alpha value is -1.10. The molecular weight excluding hydrogens is 219 g/mol. The normalized spacial score (nSPS) is 11.5. The second-order valence-electron chi connectivity index (χ2n) is 2.58. The molecule has 0 heterocycles. The van der Waals surface area contributed by atoms with Gasteiger partial charge in [-0.1, -0.05) is 11.6 Å². The van der Waals surface area contributed by atoms with Crippen LogP contribution in [0.3, 0.4) is 0 Å². The van der Waals surface area contributed by atoms with Crippen molar-refractivity contribution < 1.29 is 17.9 Å². The highest BCUT2D eigenvalue weighted by molar-refractivity contribution is 6.34. The monoisotopic (exact) mass is 225 g/mol. The van der Waals surface area contributed by atoms with Crippen LogP contribution in [-0.2, 0) is 6.18 Å². The Kier molecular flexibility index (Phi) is 2.80. The number of ether oxygens (including phenoxy) is 1. The van der Waals surface area contributed by atoms with E-state index < -0.39 is 16.8 Å². The lowest BCUT2D eigenvalue weighted by Gasteiger charge is -2.12. The maximum Gasteiger partial charge on any atom is 0.418 e. The molecule has 0 aliphatic carbocycles. The van der Waals surface area contributed by atoms with Crippen molar-refractivity contribution >= 4 is 17.3 Å². The molecule has 78 valence electrons. The van der Waals surface area contributed by atoms with E-state index >= 15 is 0 Å². The third kappa shape index (κ3) is 2.04. The van der Waals surface area contributed by atoms with E-state index in [4.69, 9.17) is 17.3 Å². The van der Waals surface area contributed by atoms with Gasteiger partial charge in [0.15, 0.2) is 0 Å². The Morgan fingerprint density at radius 1 is 1.36 bits per heavy atom. The van der Waals surface area contributed by atoms with Crippen LogP contribution in [-0.4, -0.2) is 7.11 Å². The van der Waals surface area contributed by atoms with E-state index in [9.17, 15) is 13.2 Å². The van der Waals surface area contributed by atoms with E-state index in [1.807, 2.05) is 0 Å². The molecule has 1 rings (SSSR count). The summed E-state index contributed by atoms with van der Waals surface area (Å²) in [7, 11) is 1.25. The first-order valence-electron chi connectivity index (χ1n) is 3.56. The summed E-state index contributed by atoms with van der Waals surface area (Å²) in [6.07, 6.45) is -4.53.